The van der Waals surface area contributed by atoms with Crippen LogP contribution in [-0.4, -0.2) is 62.0 Å². The monoisotopic (exact) mass is 481 g/mol. The first-order chi connectivity index (χ1) is 15.1. The fourth-order valence-corrected chi connectivity index (χ4v) is 3.27. The molecule has 0 unspecified atom stereocenters. The highest BCUT2D eigenvalue weighted by Gasteiger charge is 2.14. The lowest BCUT2D eigenvalue weighted by Gasteiger charge is -2.23. The molecule has 0 aliphatic carbocycles. The maximum atomic E-state index is 12.3. The first-order valence-corrected chi connectivity index (χ1v) is 10.2. The molecular formula is C20H25Cl2N7O3. The van der Waals surface area contributed by atoms with Gasteiger partial charge < -0.3 is 25.4 Å². The highest BCUT2D eigenvalue weighted by molar-refractivity contribution is 6.31. The molecule has 172 valence electrons. The van der Waals surface area contributed by atoms with Gasteiger partial charge in [-0.1, -0.05) is 11.6 Å². The van der Waals surface area contributed by atoms with Crippen molar-refractivity contribution in [2.45, 2.75) is 12.5 Å². The highest BCUT2D eigenvalue weighted by Crippen LogP contribution is 2.31. The molecule has 1 aromatic heterocycles. The number of nitrogens with zero attached hydrogens (tertiary/aromatic N) is 3. The van der Waals surface area contributed by atoms with Crippen LogP contribution in [0.25, 0.3) is 0 Å². The zero-order valence-electron chi connectivity index (χ0n) is 17.5. The third kappa shape index (κ3) is 7.47. The second kappa shape index (κ2) is 13.0. The van der Waals surface area contributed by atoms with Crippen molar-refractivity contribution >= 4 is 41.5 Å². The van der Waals surface area contributed by atoms with E-state index in [0.29, 0.717) is 22.9 Å². The van der Waals surface area contributed by atoms with Gasteiger partial charge >= 0.3 is 6.03 Å². The Bertz CT molecular complexity index is 932. The topological polar surface area (TPSA) is 133 Å². The van der Waals surface area contributed by atoms with Gasteiger partial charge in [0.05, 0.1) is 37.9 Å². The van der Waals surface area contributed by atoms with E-state index in [9.17, 15) is 4.79 Å². The Morgan fingerprint density at radius 1 is 1.38 bits per heavy atom. The molecule has 1 aromatic carbocycles. The van der Waals surface area contributed by atoms with Crippen LogP contribution in [0.15, 0.2) is 24.5 Å². The van der Waals surface area contributed by atoms with E-state index >= 15 is 0 Å². The summed E-state index contributed by atoms with van der Waals surface area (Å²) in [4.78, 5) is 20.1. The van der Waals surface area contributed by atoms with E-state index in [1.807, 2.05) is 6.07 Å². The molecule has 10 nitrogen and oxygen atoms in total. The van der Waals surface area contributed by atoms with Gasteiger partial charge in [-0.15, -0.1) is 12.4 Å². The fraction of sp³-hybridized carbons (Fsp3) is 0.400. The van der Waals surface area contributed by atoms with Gasteiger partial charge in [-0.05, 0) is 30.7 Å². The molecule has 2 heterocycles. The Balaban J connectivity index is 0.00000363. The molecule has 1 saturated heterocycles. The van der Waals surface area contributed by atoms with E-state index in [4.69, 9.17) is 26.3 Å². The second-order valence-corrected chi connectivity index (χ2v) is 7.18. The number of hydrogen-bond acceptors (Lipinski definition) is 8. The van der Waals surface area contributed by atoms with Crippen molar-refractivity contribution in [3.63, 3.8) is 0 Å². The number of carbonyl (C=O) groups excluding carboxylic acids is 1. The number of benzene rings is 1. The maximum absolute atomic E-state index is 12.3. The molecule has 12 heteroatoms. The standard InChI is InChI=1S/C20H24ClN7O3.ClH/c1-30-18-6-13(2-3-23-10-15-11-24-4-5-31-15)16(21)7-17(18)27-20(29)28-19-12-25-14(8-22)9-26-19;/h6-7,9,12,15,23-24H,2-5,10-11H2,1H3,(H2,26,27,28,29);1H/t15-;/m1./s1. The quantitative estimate of drug-likeness (QED) is 0.421. The van der Waals surface area contributed by atoms with Crippen LogP contribution in [0.3, 0.4) is 0 Å². The molecule has 3 rings (SSSR count). The lowest BCUT2D eigenvalue weighted by molar-refractivity contribution is 0.0294. The molecule has 2 amide bonds. The Morgan fingerprint density at radius 3 is 2.88 bits per heavy atom. The van der Waals surface area contributed by atoms with Crippen LogP contribution in [0.1, 0.15) is 11.3 Å². The van der Waals surface area contributed by atoms with E-state index in [-0.39, 0.29) is 30.0 Å². The normalized spacial score (nSPS) is 15.2. The number of rotatable bonds is 8. The van der Waals surface area contributed by atoms with Gasteiger partial charge in [-0.25, -0.2) is 14.8 Å². The summed E-state index contributed by atoms with van der Waals surface area (Å²) in [5.41, 5.74) is 1.48. The number of urea groups is 1. The van der Waals surface area contributed by atoms with Crippen LogP contribution in [0.5, 0.6) is 5.75 Å². The van der Waals surface area contributed by atoms with Crippen molar-refractivity contribution < 1.29 is 14.3 Å². The minimum Gasteiger partial charge on any atom is -0.495 e. The molecule has 0 radical (unpaired) electrons. The lowest BCUT2D eigenvalue weighted by atomic mass is 10.1. The zero-order valence-corrected chi connectivity index (χ0v) is 19.1. The third-order valence-electron chi connectivity index (χ3n) is 4.57. The molecule has 1 aliphatic heterocycles. The van der Waals surface area contributed by atoms with Gasteiger partial charge in [-0.2, -0.15) is 5.26 Å². The van der Waals surface area contributed by atoms with Crippen LogP contribution >= 0.6 is 24.0 Å². The number of morpholine rings is 1. The summed E-state index contributed by atoms with van der Waals surface area (Å²) in [7, 11) is 1.52. The highest BCUT2D eigenvalue weighted by atomic mass is 35.5. The van der Waals surface area contributed by atoms with Crippen molar-refractivity contribution in [1.29, 1.82) is 5.26 Å². The molecule has 1 atom stereocenters. The van der Waals surface area contributed by atoms with Gasteiger partial charge in [0, 0.05) is 24.7 Å². The van der Waals surface area contributed by atoms with Crippen molar-refractivity contribution in [1.82, 2.24) is 20.6 Å². The summed E-state index contributed by atoms with van der Waals surface area (Å²) in [6.07, 6.45) is 3.44. The Morgan fingerprint density at radius 2 is 2.22 bits per heavy atom. The zero-order chi connectivity index (χ0) is 22.1. The van der Waals surface area contributed by atoms with E-state index in [1.165, 1.54) is 19.5 Å². The second-order valence-electron chi connectivity index (χ2n) is 6.77. The maximum Gasteiger partial charge on any atom is 0.325 e. The number of halogens is 2. The molecule has 0 bridgehead atoms. The van der Waals surface area contributed by atoms with Gasteiger partial charge in [-0.3, -0.25) is 5.32 Å². The summed E-state index contributed by atoms with van der Waals surface area (Å²) >= 11 is 6.42. The minimum absolute atomic E-state index is 0. The Kier molecular flexibility index (Phi) is 10.4. The number of aromatic nitrogens is 2. The summed E-state index contributed by atoms with van der Waals surface area (Å²) in [6, 6.07) is 4.78. The number of methoxy groups -OCH3 is 1. The first kappa shape index (κ1) is 25.6. The van der Waals surface area contributed by atoms with Gasteiger partial charge in [0.1, 0.15) is 11.8 Å². The van der Waals surface area contributed by atoms with Crippen molar-refractivity contribution in [2.24, 2.45) is 0 Å². The van der Waals surface area contributed by atoms with Gasteiger partial charge in [0.2, 0.25) is 0 Å². The molecule has 32 heavy (non-hydrogen) atoms. The Hall–Kier alpha value is -2.68. The van der Waals surface area contributed by atoms with Crippen LogP contribution in [0.2, 0.25) is 5.02 Å². The number of ether oxygens (including phenoxy) is 2. The lowest BCUT2D eigenvalue weighted by Crippen LogP contribution is -2.44. The van der Waals surface area contributed by atoms with Crippen LogP contribution in [-0.2, 0) is 11.2 Å². The SMILES string of the molecule is COc1cc(CCNC[C@@H]2CNCCO2)c(Cl)cc1NC(=O)Nc1cnc(C#N)cn1.Cl. The predicted molar refractivity (Wildman–Crippen MR) is 124 cm³/mol. The molecule has 2 aromatic rings. The van der Waals surface area contributed by atoms with Crippen molar-refractivity contribution in [3.8, 4) is 11.8 Å². The van der Waals surface area contributed by atoms with E-state index in [2.05, 4.69) is 31.2 Å². The number of amides is 2. The number of anilines is 2. The largest absolute Gasteiger partial charge is 0.495 e. The van der Waals surface area contributed by atoms with Crippen molar-refractivity contribution in [3.05, 3.63) is 40.8 Å². The van der Waals surface area contributed by atoms with E-state index in [1.54, 1.807) is 12.1 Å². The molecule has 0 saturated carbocycles. The fourth-order valence-electron chi connectivity index (χ4n) is 3.01. The summed E-state index contributed by atoms with van der Waals surface area (Å²) in [5.74, 6) is 0.696. The van der Waals surface area contributed by atoms with Crippen LogP contribution in [0.4, 0.5) is 16.3 Å². The van der Waals surface area contributed by atoms with Crippen LogP contribution in [0, 0.1) is 11.3 Å². The van der Waals surface area contributed by atoms with E-state index < -0.39 is 6.03 Å². The number of nitriles is 1. The van der Waals surface area contributed by atoms with E-state index in [0.717, 1.165) is 38.3 Å². The smallest absolute Gasteiger partial charge is 0.325 e. The third-order valence-corrected chi connectivity index (χ3v) is 4.92. The molecule has 0 spiro atoms. The Labute approximate surface area is 197 Å². The molecular weight excluding hydrogens is 457 g/mol. The summed E-state index contributed by atoms with van der Waals surface area (Å²) in [5, 5.41) is 21.2. The molecule has 1 fully saturated rings. The molecule has 1 aliphatic rings. The number of carbonyl (C=O) groups is 1. The first-order valence-electron chi connectivity index (χ1n) is 9.78. The van der Waals surface area contributed by atoms with Gasteiger partial charge in [0.25, 0.3) is 0 Å². The van der Waals surface area contributed by atoms with Crippen LogP contribution < -0.4 is 26.0 Å². The van der Waals surface area contributed by atoms with Crippen molar-refractivity contribution in [2.75, 3.05) is 50.5 Å². The molecule has 4 N–H and O–H groups in total. The average Bonchev–Trinajstić information content (AvgIpc) is 2.79. The number of nitrogens with one attached hydrogen (secondary N) is 4. The number of hydrogen-bond donors (Lipinski definition) is 4. The summed E-state index contributed by atoms with van der Waals surface area (Å²) < 4.78 is 11.1. The van der Waals surface area contributed by atoms with Gasteiger partial charge in [0.15, 0.2) is 11.5 Å². The average molecular weight is 482 g/mol. The predicted octanol–water partition coefficient (Wildman–Crippen LogP) is 2.20. The minimum atomic E-state index is -0.538. The summed E-state index contributed by atoms with van der Waals surface area (Å²) in [6.45, 7) is 3.96.